The molecular formula is C19H24N2O3S. The molecule has 0 fully saturated rings. The van der Waals surface area contributed by atoms with E-state index in [1.54, 1.807) is 0 Å². The Balaban J connectivity index is 2.04. The summed E-state index contributed by atoms with van der Waals surface area (Å²) in [5, 5.41) is 2.80. The monoisotopic (exact) mass is 360 g/mol. The van der Waals surface area contributed by atoms with E-state index in [1.807, 2.05) is 45.0 Å². The van der Waals surface area contributed by atoms with Crippen molar-refractivity contribution in [3.8, 4) is 0 Å². The first kappa shape index (κ1) is 19.1. The van der Waals surface area contributed by atoms with Gasteiger partial charge in [0.2, 0.25) is 10.0 Å². The van der Waals surface area contributed by atoms with Gasteiger partial charge >= 0.3 is 0 Å². The molecule has 0 saturated carbocycles. The zero-order chi connectivity index (χ0) is 18.4. The highest BCUT2D eigenvalue weighted by molar-refractivity contribution is 7.89. The molecule has 0 heterocycles. The Bertz CT molecular complexity index is 828. The number of hydrogen-bond acceptors (Lipinski definition) is 3. The maximum Gasteiger partial charge on any atom is 0.255 e. The normalized spacial score (nSPS) is 11.5. The van der Waals surface area contributed by atoms with Crippen LogP contribution in [0.15, 0.2) is 53.4 Å². The molecule has 1 amide bonds. The van der Waals surface area contributed by atoms with Gasteiger partial charge in [-0.05, 0) is 61.2 Å². The van der Waals surface area contributed by atoms with Crippen LogP contribution in [0.5, 0.6) is 0 Å². The standard InChI is InChI=1S/C19H24N2O3S/c1-14(2)11-12-20-25(23,24)18-9-7-16(8-10-18)19(22)21-17-6-4-5-15(3)13-17/h4-10,13-14,20H,11-12H2,1-3H3,(H,21,22). The number of carbonyl (C=O) groups is 1. The van der Waals surface area contributed by atoms with Crippen molar-refractivity contribution in [2.24, 2.45) is 5.92 Å². The Morgan fingerprint density at radius 2 is 1.76 bits per heavy atom. The van der Waals surface area contributed by atoms with Gasteiger partial charge in [-0.25, -0.2) is 13.1 Å². The third-order valence-corrected chi connectivity index (χ3v) is 5.19. The molecule has 134 valence electrons. The lowest BCUT2D eigenvalue weighted by Crippen LogP contribution is -2.25. The average molecular weight is 360 g/mol. The number of rotatable bonds is 7. The van der Waals surface area contributed by atoms with Crippen LogP contribution < -0.4 is 10.0 Å². The number of nitrogens with one attached hydrogen (secondary N) is 2. The van der Waals surface area contributed by atoms with Crippen molar-refractivity contribution in [2.75, 3.05) is 11.9 Å². The lowest BCUT2D eigenvalue weighted by molar-refractivity contribution is 0.102. The quantitative estimate of drug-likeness (QED) is 0.792. The van der Waals surface area contributed by atoms with Crippen molar-refractivity contribution in [1.29, 1.82) is 0 Å². The molecule has 0 saturated heterocycles. The number of anilines is 1. The molecule has 2 N–H and O–H groups in total. The summed E-state index contributed by atoms with van der Waals surface area (Å²) in [5.74, 6) is 0.151. The van der Waals surface area contributed by atoms with Crippen molar-refractivity contribution >= 4 is 21.6 Å². The second kappa shape index (κ2) is 8.27. The molecule has 0 spiro atoms. The van der Waals surface area contributed by atoms with Gasteiger partial charge < -0.3 is 5.32 Å². The molecule has 25 heavy (non-hydrogen) atoms. The molecule has 2 rings (SSSR count). The summed E-state index contributed by atoms with van der Waals surface area (Å²) in [4.78, 5) is 12.4. The molecule has 0 bridgehead atoms. The fourth-order valence-corrected chi connectivity index (χ4v) is 3.32. The van der Waals surface area contributed by atoms with Gasteiger partial charge in [-0.3, -0.25) is 4.79 Å². The molecule has 0 unspecified atom stereocenters. The zero-order valence-corrected chi connectivity index (χ0v) is 15.6. The minimum absolute atomic E-state index is 0.156. The summed E-state index contributed by atoms with van der Waals surface area (Å²) < 4.78 is 27.0. The maximum absolute atomic E-state index is 12.3. The summed E-state index contributed by atoms with van der Waals surface area (Å²) in [7, 11) is -3.54. The lowest BCUT2D eigenvalue weighted by Gasteiger charge is -2.09. The molecule has 0 aliphatic rings. The summed E-state index contributed by atoms with van der Waals surface area (Å²) in [6.45, 7) is 6.42. The van der Waals surface area contributed by atoms with Gasteiger partial charge in [-0.2, -0.15) is 0 Å². The predicted molar refractivity (Wildman–Crippen MR) is 100 cm³/mol. The number of aryl methyl sites for hydroxylation is 1. The van der Waals surface area contributed by atoms with Crippen LogP contribution >= 0.6 is 0 Å². The SMILES string of the molecule is Cc1cccc(NC(=O)c2ccc(S(=O)(=O)NCCC(C)C)cc2)c1. The van der Waals surface area contributed by atoms with Gasteiger partial charge in [0.1, 0.15) is 0 Å². The van der Waals surface area contributed by atoms with Crippen LogP contribution in [0.3, 0.4) is 0 Å². The van der Waals surface area contributed by atoms with Crippen LogP contribution in [-0.2, 0) is 10.0 Å². The van der Waals surface area contributed by atoms with Crippen LogP contribution in [0, 0.1) is 12.8 Å². The smallest absolute Gasteiger partial charge is 0.255 e. The first-order valence-electron chi connectivity index (χ1n) is 8.25. The Labute approximate surface area is 149 Å². The van der Waals surface area contributed by atoms with Crippen molar-refractivity contribution in [2.45, 2.75) is 32.1 Å². The molecule has 0 aliphatic heterocycles. The number of sulfonamides is 1. The Morgan fingerprint density at radius 1 is 1.08 bits per heavy atom. The summed E-state index contributed by atoms with van der Waals surface area (Å²) in [6.07, 6.45) is 0.774. The maximum atomic E-state index is 12.3. The minimum Gasteiger partial charge on any atom is -0.322 e. The van der Waals surface area contributed by atoms with E-state index >= 15 is 0 Å². The Kier molecular flexibility index (Phi) is 6.33. The zero-order valence-electron chi connectivity index (χ0n) is 14.7. The number of amides is 1. The van der Waals surface area contributed by atoms with E-state index in [0.29, 0.717) is 23.7 Å². The van der Waals surface area contributed by atoms with Crippen molar-refractivity contribution < 1.29 is 13.2 Å². The largest absolute Gasteiger partial charge is 0.322 e. The van der Waals surface area contributed by atoms with E-state index in [4.69, 9.17) is 0 Å². The molecular weight excluding hydrogens is 336 g/mol. The van der Waals surface area contributed by atoms with Crippen molar-refractivity contribution in [1.82, 2.24) is 4.72 Å². The molecule has 0 radical (unpaired) electrons. The van der Waals surface area contributed by atoms with Gasteiger partial charge in [0, 0.05) is 17.8 Å². The molecule has 2 aromatic carbocycles. The molecule has 0 atom stereocenters. The van der Waals surface area contributed by atoms with Crippen LogP contribution in [0.4, 0.5) is 5.69 Å². The third kappa shape index (κ3) is 5.69. The lowest BCUT2D eigenvalue weighted by atomic mass is 10.1. The highest BCUT2D eigenvalue weighted by Gasteiger charge is 2.15. The van der Waals surface area contributed by atoms with Crippen LogP contribution in [-0.4, -0.2) is 20.9 Å². The first-order chi connectivity index (χ1) is 11.8. The van der Waals surface area contributed by atoms with Gasteiger partial charge in [-0.15, -0.1) is 0 Å². The van der Waals surface area contributed by atoms with E-state index in [1.165, 1.54) is 24.3 Å². The molecule has 0 aliphatic carbocycles. The van der Waals surface area contributed by atoms with Crippen molar-refractivity contribution in [3.05, 3.63) is 59.7 Å². The highest BCUT2D eigenvalue weighted by atomic mass is 32.2. The number of benzene rings is 2. The number of carbonyl (C=O) groups excluding carboxylic acids is 1. The minimum atomic E-state index is -3.54. The summed E-state index contributed by atoms with van der Waals surface area (Å²) in [5.41, 5.74) is 2.16. The number of hydrogen-bond donors (Lipinski definition) is 2. The topological polar surface area (TPSA) is 75.3 Å². The summed E-state index contributed by atoms with van der Waals surface area (Å²) in [6, 6.07) is 13.4. The first-order valence-corrected chi connectivity index (χ1v) is 9.74. The van der Waals surface area contributed by atoms with E-state index < -0.39 is 10.0 Å². The third-order valence-electron chi connectivity index (χ3n) is 3.72. The van der Waals surface area contributed by atoms with E-state index in [-0.39, 0.29) is 10.8 Å². The van der Waals surface area contributed by atoms with Crippen LogP contribution in [0.2, 0.25) is 0 Å². The summed E-state index contributed by atoms with van der Waals surface area (Å²) >= 11 is 0. The van der Waals surface area contributed by atoms with Gasteiger partial charge in [-0.1, -0.05) is 26.0 Å². The van der Waals surface area contributed by atoms with E-state index in [2.05, 4.69) is 10.0 Å². The van der Waals surface area contributed by atoms with E-state index in [9.17, 15) is 13.2 Å². The Morgan fingerprint density at radius 3 is 2.36 bits per heavy atom. The van der Waals surface area contributed by atoms with E-state index in [0.717, 1.165) is 12.0 Å². The van der Waals surface area contributed by atoms with Gasteiger partial charge in [0.25, 0.3) is 5.91 Å². The van der Waals surface area contributed by atoms with Gasteiger partial charge in [0.15, 0.2) is 0 Å². The van der Waals surface area contributed by atoms with Gasteiger partial charge in [0.05, 0.1) is 4.90 Å². The fraction of sp³-hybridized carbons (Fsp3) is 0.316. The average Bonchev–Trinajstić information content (AvgIpc) is 2.54. The molecule has 0 aromatic heterocycles. The van der Waals surface area contributed by atoms with Crippen LogP contribution in [0.1, 0.15) is 36.2 Å². The van der Waals surface area contributed by atoms with Crippen molar-refractivity contribution in [3.63, 3.8) is 0 Å². The second-order valence-corrected chi connectivity index (χ2v) is 8.20. The molecule has 6 heteroatoms. The molecule has 2 aromatic rings. The highest BCUT2D eigenvalue weighted by Crippen LogP contribution is 2.14. The Hall–Kier alpha value is -2.18. The molecule has 5 nitrogen and oxygen atoms in total. The van der Waals surface area contributed by atoms with Crippen LogP contribution in [0.25, 0.3) is 0 Å². The second-order valence-electron chi connectivity index (χ2n) is 6.43. The predicted octanol–water partition coefficient (Wildman–Crippen LogP) is 3.57. The fourth-order valence-electron chi connectivity index (χ4n) is 2.28.